The molecule has 8 heteroatoms. The van der Waals surface area contributed by atoms with E-state index >= 15 is 0 Å². The fourth-order valence-corrected chi connectivity index (χ4v) is 3.82. The molecule has 0 spiro atoms. The number of ether oxygens (including phenoxy) is 1. The Bertz CT molecular complexity index is 1310. The van der Waals surface area contributed by atoms with E-state index in [1.54, 1.807) is 37.3 Å². The zero-order valence-corrected chi connectivity index (χ0v) is 18.9. The maximum Gasteiger partial charge on any atom is 0.339 e. The minimum absolute atomic E-state index is 0.000433. The summed E-state index contributed by atoms with van der Waals surface area (Å²) in [5.41, 5.74) is 1.96. The molecule has 0 radical (unpaired) electrons. The number of aryl methyl sites for hydroxylation is 1. The van der Waals surface area contributed by atoms with E-state index in [9.17, 15) is 18.5 Å². The maximum atomic E-state index is 12.6. The molecule has 3 rings (SSSR count). The largest absolute Gasteiger partial charge is 0.490 e. The molecule has 0 unspecified atom stereocenters. The van der Waals surface area contributed by atoms with Crippen LogP contribution in [-0.4, -0.2) is 20.9 Å². The van der Waals surface area contributed by atoms with E-state index < -0.39 is 16.0 Å². The molecule has 0 saturated heterocycles. The van der Waals surface area contributed by atoms with Gasteiger partial charge in [-0.25, -0.2) is 0 Å². The van der Waals surface area contributed by atoms with Gasteiger partial charge in [0.05, 0.1) is 6.61 Å². The number of rotatable bonds is 8. The normalized spacial score (nSPS) is 11.4. The minimum atomic E-state index is -4.06. The van der Waals surface area contributed by atoms with Crippen LogP contribution in [0.3, 0.4) is 0 Å². The van der Waals surface area contributed by atoms with E-state index in [1.807, 2.05) is 25.1 Å². The summed E-state index contributed by atoms with van der Waals surface area (Å²) in [6.45, 7) is 3.93. The van der Waals surface area contributed by atoms with Crippen molar-refractivity contribution in [2.45, 2.75) is 18.7 Å². The molecular weight excluding hydrogens is 440 g/mol. The second-order valence-electron chi connectivity index (χ2n) is 6.98. The summed E-state index contributed by atoms with van der Waals surface area (Å²) in [7, 11) is -4.06. The van der Waals surface area contributed by atoms with Crippen molar-refractivity contribution >= 4 is 27.8 Å². The molecule has 0 heterocycles. The Kier molecular flexibility index (Phi) is 7.49. The van der Waals surface area contributed by atoms with Gasteiger partial charge in [-0.1, -0.05) is 42.0 Å². The lowest BCUT2D eigenvalue weighted by molar-refractivity contribution is -0.112. The topological polar surface area (TPSA) is 105 Å². The summed E-state index contributed by atoms with van der Waals surface area (Å²) < 4.78 is 35.9. The molecule has 3 aromatic carbocycles. The highest BCUT2D eigenvalue weighted by atomic mass is 32.2. The molecule has 168 valence electrons. The first kappa shape index (κ1) is 23.6. The summed E-state index contributed by atoms with van der Waals surface area (Å²) in [5.74, 6) is -0.395. The molecule has 0 fully saturated rings. The Morgan fingerprint density at radius 2 is 1.73 bits per heavy atom. The van der Waals surface area contributed by atoms with Crippen molar-refractivity contribution in [1.82, 2.24) is 0 Å². The number of nitrogens with zero attached hydrogens (tertiary/aromatic N) is 1. The van der Waals surface area contributed by atoms with Crippen LogP contribution in [0.15, 0.2) is 83.3 Å². The highest BCUT2D eigenvalue weighted by Crippen LogP contribution is 2.32. The van der Waals surface area contributed by atoms with E-state index in [2.05, 4.69) is 5.32 Å². The van der Waals surface area contributed by atoms with Crippen molar-refractivity contribution in [2.24, 2.45) is 0 Å². The number of amides is 1. The number of nitrogens with one attached hydrogen (secondary N) is 1. The van der Waals surface area contributed by atoms with Crippen molar-refractivity contribution in [1.29, 1.82) is 5.26 Å². The fraction of sp³-hybridized carbons (Fsp3) is 0.120. The lowest BCUT2D eigenvalue weighted by atomic mass is 10.1. The average molecular weight is 463 g/mol. The SMILES string of the molecule is CCOc1cc(/C=C(\C#N)C(=O)Nc2ccc(C)cc2)ccc1OS(=O)(=O)c1ccccc1. The van der Waals surface area contributed by atoms with Crippen LogP contribution < -0.4 is 14.2 Å². The van der Waals surface area contributed by atoms with Crippen molar-refractivity contribution in [2.75, 3.05) is 11.9 Å². The van der Waals surface area contributed by atoms with Crippen LogP contribution in [0.25, 0.3) is 6.08 Å². The van der Waals surface area contributed by atoms with Crippen LogP contribution >= 0.6 is 0 Å². The zero-order chi connectivity index (χ0) is 23.8. The smallest absolute Gasteiger partial charge is 0.339 e. The first-order valence-corrected chi connectivity index (χ1v) is 11.5. The van der Waals surface area contributed by atoms with Crippen LogP contribution in [-0.2, 0) is 14.9 Å². The maximum absolute atomic E-state index is 12.6. The Morgan fingerprint density at radius 1 is 1.03 bits per heavy atom. The lowest BCUT2D eigenvalue weighted by Crippen LogP contribution is -2.13. The predicted molar refractivity (Wildman–Crippen MR) is 125 cm³/mol. The summed E-state index contributed by atoms with van der Waals surface area (Å²) in [4.78, 5) is 12.5. The molecule has 0 aromatic heterocycles. The van der Waals surface area contributed by atoms with Gasteiger partial charge in [0.2, 0.25) is 0 Å². The Labute approximate surface area is 193 Å². The van der Waals surface area contributed by atoms with Gasteiger partial charge in [0.1, 0.15) is 16.5 Å². The lowest BCUT2D eigenvalue weighted by Gasteiger charge is -2.13. The van der Waals surface area contributed by atoms with Gasteiger partial charge in [0, 0.05) is 5.69 Å². The molecule has 0 aliphatic rings. The number of anilines is 1. The zero-order valence-electron chi connectivity index (χ0n) is 18.1. The summed E-state index contributed by atoms with van der Waals surface area (Å²) in [5, 5.41) is 12.1. The van der Waals surface area contributed by atoms with E-state index in [-0.39, 0.29) is 28.6 Å². The van der Waals surface area contributed by atoms with Crippen LogP contribution in [0, 0.1) is 18.3 Å². The number of carbonyl (C=O) groups excluding carboxylic acids is 1. The molecule has 0 saturated carbocycles. The van der Waals surface area contributed by atoms with E-state index in [4.69, 9.17) is 8.92 Å². The Hall–Kier alpha value is -4.09. The van der Waals surface area contributed by atoms with E-state index in [0.717, 1.165) is 5.56 Å². The van der Waals surface area contributed by atoms with Gasteiger partial charge in [0.25, 0.3) is 5.91 Å². The van der Waals surface area contributed by atoms with E-state index in [1.165, 1.54) is 36.4 Å². The standard InChI is InChI=1S/C25H22N2O5S/c1-3-31-24-16-19(11-14-23(24)32-33(29,30)22-7-5-4-6-8-22)15-20(17-26)25(28)27-21-12-9-18(2)10-13-21/h4-16H,3H2,1-2H3,(H,27,28)/b20-15+. The molecule has 7 nitrogen and oxygen atoms in total. The monoisotopic (exact) mass is 462 g/mol. The second-order valence-corrected chi connectivity index (χ2v) is 8.53. The van der Waals surface area contributed by atoms with Gasteiger partial charge in [-0.3, -0.25) is 4.79 Å². The number of benzene rings is 3. The van der Waals surface area contributed by atoms with Crippen LogP contribution in [0.1, 0.15) is 18.1 Å². The third-order valence-electron chi connectivity index (χ3n) is 4.48. The molecular formula is C25H22N2O5S. The molecule has 0 aliphatic carbocycles. The highest BCUT2D eigenvalue weighted by Gasteiger charge is 2.19. The van der Waals surface area contributed by atoms with Gasteiger partial charge in [-0.15, -0.1) is 0 Å². The third kappa shape index (κ3) is 6.21. The molecule has 0 atom stereocenters. The third-order valence-corrected chi connectivity index (χ3v) is 5.73. The fourth-order valence-electron chi connectivity index (χ4n) is 2.86. The summed E-state index contributed by atoms with van der Waals surface area (Å²) in [6.07, 6.45) is 1.39. The first-order valence-electron chi connectivity index (χ1n) is 10.1. The minimum Gasteiger partial charge on any atom is -0.490 e. The van der Waals surface area contributed by atoms with Gasteiger partial charge in [-0.05, 0) is 61.9 Å². The second kappa shape index (κ2) is 10.5. The van der Waals surface area contributed by atoms with Crippen molar-refractivity contribution in [3.63, 3.8) is 0 Å². The predicted octanol–water partition coefficient (Wildman–Crippen LogP) is 4.71. The molecule has 0 bridgehead atoms. The number of nitriles is 1. The summed E-state index contributed by atoms with van der Waals surface area (Å²) in [6, 6.07) is 21.3. The van der Waals surface area contributed by atoms with Crippen LogP contribution in [0.4, 0.5) is 5.69 Å². The molecule has 33 heavy (non-hydrogen) atoms. The Morgan fingerprint density at radius 3 is 2.36 bits per heavy atom. The van der Waals surface area contributed by atoms with Gasteiger partial charge in [-0.2, -0.15) is 13.7 Å². The number of hydrogen-bond acceptors (Lipinski definition) is 6. The van der Waals surface area contributed by atoms with E-state index in [0.29, 0.717) is 11.3 Å². The molecule has 1 N–H and O–H groups in total. The van der Waals surface area contributed by atoms with Gasteiger partial charge in [0.15, 0.2) is 11.5 Å². The van der Waals surface area contributed by atoms with Crippen molar-refractivity contribution in [3.05, 3.63) is 89.5 Å². The average Bonchev–Trinajstić information content (AvgIpc) is 2.81. The van der Waals surface area contributed by atoms with Crippen molar-refractivity contribution < 1.29 is 22.1 Å². The van der Waals surface area contributed by atoms with Crippen molar-refractivity contribution in [3.8, 4) is 17.6 Å². The molecule has 3 aromatic rings. The Balaban J connectivity index is 1.86. The first-order chi connectivity index (χ1) is 15.8. The molecule has 0 aliphatic heterocycles. The van der Waals surface area contributed by atoms with Gasteiger partial charge >= 0.3 is 10.1 Å². The number of carbonyl (C=O) groups is 1. The number of hydrogen-bond donors (Lipinski definition) is 1. The van der Waals surface area contributed by atoms with Gasteiger partial charge < -0.3 is 14.2 Å². The quantitative estimate of drug-likeness (QED) is 0.295. The molecule has 1 amide bonds. The van der Waals surface area contributed by atoms with Crippen LogP contribution in [0.2, 0.25) is 0 Å². The van der Waals surface area contributed by atoms with Crippen LogP contribution in [0.5, 0.6) is 11.5 Å². The highest BCUT2D eigenvalue weighted by molar-refractivity contribution is 7.87. The summed E-state index contributed by atoms with van der Waals surface area (Å²) >= 11 is 0.